The third kappa shape index (κ3) is 2.59. The van der Waals surface area contributed by atoms with E-state index in [0.717, 1.165) is 18.4 Å². The average Bonchev–Trinajstić information content (AvgIpc) is 3.17. The summed E-state index contributed by atoms with van der Waals surface area (Å²) >= 11 is 0. The molecule has 0 saturated carbocycles. The topological polar surface area (TPSA) is 70.8 Å². The molecule has 1 N–H and O–H groups in total. The van der Waals surface area contributed by atoms with Crippen molar-refractivity contribution >= 4 is 11.9 Å². The van der Waals surface area contributed by atoms with Crippen molar-refractivity contribution < 1.29 is 23.5 Å². The molecule has 1 aromatic carbocycles. The van der Waals surface area contributed by atoms with Crippen LogP contribution in [0.3, 0.4) is 0 Å². The van der Waals surface area contributed by atoms with E-state index in [0.29, 0.717) is 6.54 Å². The van der Waals surface area contributed by atoms with Crippen LogP contribution in [0.1, 0.15) is 45.6 Å². The van der Waals surface area contributed by atoms with Gasteiger partial charge in [-0.25, -0.2) is 9.18 Å². The lowest BCUT2D eigenvalue weighted by molar-refractivity contribution is 0.0645. The molecule has 3 rings (SSSR count). The van der Waals surface area contributed by atoms with Crippen molar-refractivity contribution in [1.82, 2.24) is 4.90 Å². The molecule has 1 aliphatic rings. The summed E-state index contributed by atoms with van der Waals surface area (Å²) in [6.07, 6.45) is 1.62. The number of carboxylic acid groups (broad SMARTS) is 1. The van der Waals surface area contributed by atoms with Crippen LogP contribution in [0.5, 0.6) is 0 Å². The Morgan fingerprint density at radius 1 is 1.14 bits per heavy atom. The molecule has 0 bridgehead atoms. The van der Waals surface area contributed by atoms with Gasteiger partial charge in [0.15, 0.2) is 5.76 Å². The van der Waals surface area contributed by atoms with Gasteiger partial charge in [0.25, 0.3) is 5.91 Å². The number of likely N-dealkylation sites (tertiary alicyclic amines) is 1. The Kier molecular flexibility index (Phi) is 3.66. The summed E-state index contributed by atoms with van der Waals surface area (Å²) in [5, 5.41) is 8.85. The van der Waals surface area contributed by atoms with E-state index in [1.54, 1.807) is 17.0 Å². The van der Waals surface area contributed by atoms with E-state index in [9.17, 15) is 14.0 Å². The third-order valence-corrected chi connectivity index (χ3v) is 3.80. The lowest BCUT2D eigenvalue weighted by Gasteiger charge is -2.24. The molecule has 1 atom stereocenters. The van der Waals surface area contributed by atoms with Crippen LogP contribution in [0.15, 0.2) is 40.8 Å². The summed E-state index contributed by atoms with van der Waals surface area (Å²) in [4.78, 5) is 25.0. The van der Waals surface area contributed by atoms with E-state index in [2.05, 4.69) is 0 Å². The zero-order chi connectivity index (χ0) is 15.7. The number of benzene rings is 1. The molecule has 1 aliphatic heterocycles. The number of carboxylic acids is 1. The first-order chi connectivity index (χ1) is 10.6. The predicted octanol–water partition coefficient (Wildman–Crippen LogP) is 3.09. The van der Waals surface area contributed by atoms with E-state index in [1.165, 1.54) is 24.3 Å². The predicted molar refractivity (Wildman–Crippen MR) is 75.1 cm³/mol. The molecule has 1 saturated heterocycles. The lowest BCUT2D eigenvalue weighted by Crippen LogP contribution is -2.30. The van der Waals surface area contributed by atoms with Crippen LogP contribution in [0, 0.1) is 5.82 Å². The fourth-order valence-electron chi connectivity index (χ4n) is 2.75. The molecule has 1 aromatic heterocycles. The Labute approximate surface area is 126 Å². The number of halogens is 1. The molecule has 1 fully saturated rings. The monoisotopic (exact) mass is 303 g/mol. The van der Waals surface area contributed by atoms with Gasteiger partial charge in [-0.05, 0) is 42.7 Å². The largest absolute Gasteiger partial charge is 0.475 e. The number of amides is 1. The van der Waals surface area contributed by atoms with Crippen LogP contribution in [0.2, 0.25) is 0 Å². The molecule has 5 nitrogen and oxygen atoms in total. The maximum Gasteiger partial charge on any atom is 0.371 e. The van der Waals surface area contributed by atoms with Crippen LogP contribution < -0.4 is 0 Å². The smallest absolute Gasteiger partial charge is 0.371 e. The summed E-state index contributed by atoms with van der Waals surface area (Å²) < 4.78 is 18.1. The molecule has 6 heteroatoms. The summed E-state index contributed by atoms with van der Waals surface area (Å²) in [7, 11) is 0. The Hall–Kier alpha value is -2.63. The Morgan fingerprint density at radius 2 is 1.82 bits per heavy atom. The number of carbonyl (C=O) groups excluding carboxylic acids is 1. The van der Waals surface area contributed by atoms with Crippen LogP contribution in [-0.4, -0.2) is 28.4 Å². The van der Waals surface area contributed by atoms with Crippen molar-refractivity contribution in [3.05, 3.63) is 59.3 Å². The minimum Gasteiger partial charge on any atom is -0.475 e. The number of rotatable bonds is 3. The second-order valence-corrected chi connectivity index (χ2v) is 5.18. The number of hydrogen-bond acceptors (Lipinski definition) is 3. The highest BCUT2D eigenvalue weighted by atomic mass is 19.1. The van der Waals surface area contributed by atoms with Crippen LogP contribution in [0.25, 0.3) is 0 Å². The van der Waals surface area contributed by atoms with E-state index in [4.69, 9.17) is 9.52 Å². The first kappa shape index (κ1) is 14.3. The van der Waals surface area contributed by atoms with Gasteiger partial charge in [0, 0.05) is 6.54 Å². The van der Waals surface area contributed by atoms with Crippen LogP contribution >= 0.6 is 0 Å². The summed E-state index contributed by atoms with van der Waals surface area (Å²) in [5.74, 6) is -2.14. The Balaban J connectivity index is 1.84. The molecule has 0 unspecified atom stereocenters. The Morgan fingerprint density at radius 3 is 2.45 bits per heavy atom. The van der Waals surface area contributed by atoms with Crippen molar-refractivity contribution in [2.75, 3.05) is 6.54 Å². The molecule has 22 heavy (non-hydrogen) atoms. The zero-order valence-electron chi connectivity index (χ0n) is 11.7. The zero-order valence-corrected chi connectivity index (χ0v) is 11.7. The first-order valence-electron chi connectivity index (χ1n) is 6.96. The quantitative estimate of drug-likeness (QED) is 0.946. The second kappa shape index (κ2) is 5.63. The van der Waals surface area contributed by atoms with Gasteiger partial charge in [-0.1, -0.05) is 12.1 Å². The van der Waals surface area contributed by atoms with E-state index >= 15 is 0 Å². The molecule has 114 valence electrons. The van der Waals surface area contributed by atoms with Crippen LogP contribution in [-0.2, 0) is 0 Å². The molecule has 2 heterocycles. The standard InChI is InChI=1S/C16H14FNO4/c17-11-5-3-10(4-6-11)12-2-1-9-18(12)15(19)13-7-8-14(22-13)16(20)21/h3-8,12H,1-2,9H2,(H,20,21)/t12-/m1/s1. The minimum atomic E-state index is -1.21. The van der Waals surface area contributed by atoms with E-state index in [1.807, 2.05) is 0 Å². The summed E-state index contributed by atoms with van der Waals surface area (Å²) in [5.41, 5.74) is 0.859. The average molecular weight is 303 g/mol. The third-order valence-electron chi connectivity index (χ3n) is 3.80. The lowest BCUT2D eigenvalue weighted by atomic mass is 10.0. The molecule has 2 aromatic rings. The van der Waals surface area contributed by atoms with Gasteiger partial charge in [0.05, 0.1) is 6.04 Å². The van der Waals surface area contributed by atoms with Crippen LogP contribution in [0.4, 0.5) is 4.39 Å². The molecule has 1 amide bonds. The SMILES string of the molecule is O=C(O)c1ccc(C(=O)N2CCC[C@@H]2c2ccc(F)cc2)o1. The van der Waals surface area contributed by atoms with Gasteiger partial charge < -0.3 is 14.4 Å². The molecule has 0 spiro atoms. The van der Waals surface area contributed by atoms with Gasteiger partial charge in [0.2, 0.25) is 5.76 Å². The highest BCUT2D eigenvalue weighted by molar-refractivity contribution is 5.94. The van der Waals surface area contributed by atoms with Gasteiger partial charge in [-0.15, -0.1) is 0 Å². The van der Waals surface area contributed by atoms with Gasteiger partial charge in [-0.3, -0.25) is 4.79 Å². The first-order valence-corrected chi connectivity index (χ1v) is 6.96. The van der Waals surface area contributed by atoms with Gasteiger partial charge in [0.1, 0.15) is 5.82 Å². The molecule has 0 aliphatic carbocycles. The number of furan rings is 1. The second-order valence-electron chi connectivity index (χ2n) is 5.18. The molecule has 0 radical (unpaired) electrons. The van der Waals surface area contributed by atoms with E-state index in [-0.39, 0.29) is 29.3 Å². The summed E-state index contributed by atoms with van der Waals surface area (Å²) in [6.45, 7) is 0.560. The maximum absolute atomic E-state index is 13.0. The minimum absolute atomic E-state index is 0.00594. The fraction of sp³-hybridized carbons (Fsp3) is 0.250. The fourth-order valence-corrected chi connectivity index (χ4v) is 2.75. The Bertz CT molecular complexity index is 707. The van der Waals surface area contributed by atoms with E-state index < -0.39 is 5.97 Å². The number of nitrogens with zero attached hydrogens (tertiary/aromatic N) is 1. The summed E-state index contributed by atoms with van der Waals surface area (Å²) in [6, 6.07) is 8.54. The number of carbonyl (C=O) groups is 2. The highest BCUT2D eigenvalue weighted by Gasteiger charge is 2.32. The van der Waals surface area contributed by atoms with Crippen molar-refractivity contribution in [1.29, 1.82) is 0 Å². The molecular formula is C16H14FNO4. The number of aromatic carboxylic acids is 1. The van der Waals surface area contributed by atoms with Crippen molar-refractivity contribution in [3.8, 4) is 0 Å². The maximum atomic E-state index is 13.0. The van der Waals surface area contributed by atoms with Gasteiger partial charge >= 0.3 is 5.97 Å². The van der Waals surface area contributed by atoms with Crippen molar-refractivity contribution in [3.63, 3.8) is 0 Å². The van der Waals surface area contributed by atoms with Gasteiger partial charge in [-0.2, -0.15) is 0 Å². The number of hydrogen-bond donors (Lipinski definition) is 1. The molecular weight excluding hydrogens is 289 g/mol. The highest BCUT2D eigenvalue weighted by Crippen LogP contribution is 2.33. The van der Waals surface area contributed by atoms with Crippen molar-refractivity contribution in [2.45, 2.75) is 18.9 Å². The normalized spacial score (nSPS) is 17.7. The van der Waals surface area contributed by atoms with Crippen molar-refractivity contribution in [2.24, 2.45) is 0 Å².